The SMILES string of the molecule is CCN(CC)CC(=O)Nc1c(C)cccc1C.Cl.O.O. The van der Waals surface area contributed by atoms with Gasteiger partial charge in [0.2, 0.25) is 5.91 Å². The molecule has 0 radical (unpaired) electrons. The topological polar surface area (TPSA) is 95.3 Å². The number of carbonyl (C=O) groups excluding carboxylic acids is 1. The van der Waals surface area contributed by atoms with E-state index in [1.54, 1.807) is 0 Å². The van der Waals surface area contributed by atoms with Gasteiger partial charge in [-0.1, -0.05) is 32.0 Å². The number of hydrogen-bond donors (Lipinski definition) is 1. The Morgan fingerprint density at radius 1 is 1.10 bits per heavy atom. The van der Waals surface area contributed by atoms with Crippen molar-refractivity contribution in [2.45, 2.75) is 27.7 Å². The highest BCUT2D eigenvalue weighted by Gasteiger charge is 2.09. The fourth-order valence-electron chi connectivity index (χ4n) is 1.84. The summed E-state index contributed by atoms with van der Waals surface area (Å²) >= 11 is 0. The van der Waals surface area contributed by atoms with Crippen molar-refractivity contribution in [2.75, 3.05) is 25.0 Å². The van der Waals surface area contributed by atoms with E-state index in [0.717, 1.165) is 29.9 Å². The van der Waals surface area contributed by atoms with Crippen molar-refractivity contribution in [3.63, 3.8) is 0 Å². The van der Waals surface area contributed by atoms with E-state index in [1.807, 2.05) is 32.0 Å². The van der Waals surface area contributed by atoms with Gasteiger partial charge in [-0.05, 0) is 38.1 Å². The van der Waals surface area contributed by atoms with Crippen molar-refractivity contribution >= 4 is 24.0 Å². The lowest BCUT2D eigenvalue weighted by atomic mass is 10.1. The Labute approximate surface area is 127 Å². The number of amides is 1. The first kappa shape index (κ1) is 23.9. The molecule has 20 heavy (non-hydrogen) atoms. The summed E-state index contributed by atoms with van der Waals surface area (Å²) < 4.78 is 0. The number of anilines is 1. The van der Waals surface area contributed by atoms with Gasteiger partial charge in [-0.3, -0.25) is 9.69 Å². The molecular weight excluding hydrogens is 280 g/mol. The Bertz CT molecular complexity index is 376. The van der Waals surface area contributed by atoms with Crippen molar-refractivity contribution in [3.8, 4) is 0 Å². The number of hydrogen-bond acceptors (Lipinski definition) is 2. The highest BCUT2D eigenvalue weighted by atomic mass is 35.5. The molecule has 0 aliphatic rings. The number of aryl methyl sites for hydroxylation is 2. The van der Waals surface area contributed by atoms with Crippen LogP contribution in [0, 0.1) is 13.8 Å². The summed E-state index contributed by atoms with van der Waals surface area (Å²) in [6, 6.07) is 6.03. The smallest absolute Gasteiger partial charge is 0.238 e. The Morgan fingerprint density at radius 3 is 1.95 bits per heavy atom. The van der Waals surface area contributed by atoms with Gasteiger partial charge in [-0.2, -0.15) is 0 Å². The normalized spacial score (nSPS) is 9.05. The van der Waals surface area contributed by atoms with Crippen molar-refractivity contribution in [1.29, 1.82) is 0 Å². The number of rotatable bonds is 5. The maximum Gasteiger partial charge on any atom is 0.238 e. The van der Waals surface area contributed by atoms with Gasteiger partial charge >= 0.3 is 0 Å². The lowest BCUT2D eigenvalue weighted by Crippen LogP contribution is -2.33. The highest BCUT2D eigenvalue weighted by Crippen LogP contribution is 2.19. The number of nitrogens with one attached hydrogen (secondary N) is 1. The molecule has 1 aromatic rings. The molecule has 0 bridgehead atoms. The molecule has 0 aromatic heterocycles. The fourth-order valence-corrected chi connectivity index (χ4v) is 1.84. The lowest BCUT2D eigenvalue weighted by molar-refractivity contribution is -0.117. The molecule has 0 saturated heterocycles. The average molecular weight is 307 g/mol. The van der Waals surface area contributed by atoms with Crippen molar-refractivity contribution in [2.24, 2.45) is 0 Å². The second kappa shape index (κ2) is 11.7. The molecule has 0 aliphatic carbocycles. The largest absolute Gasteiger partial charge is 0.412 e. The maximum atomic E-state index is 11.9. The van der Waals surface area contributed by atoms with Gasteiger partial charge < -0.3 is 16.3 Å². The van der Waals surface area contributed by atoms with E-state index in [-0.39, 0.29) is 29.3 Å². The van der Waals surface area contributed by atoms with Crippen molar-refractivity contribution in [1.82, 2.24) is 4.90 Å². The third-order valence-electron chi connectivity index (χ3n) is 3.01. The van der Waals surface area contributed by atoms with Gasteiger partial charge in [0, 0.05) is 5.69 Å². The van der Waals surface area contributed by atoms with Crippen LogP contribution in [-0.4, -0.2) is 41.4 Å². The quantitative estimate of drug-likeness (QED) is 0.889. The standard InChI is InChI=1S/C14H22N2O.ClH.2H2O/c1-5-16(6-2)10-13(17)15-14-11(3)8-7-9-12(14)4;;;/h7-9H,5-6,10H2,1-4H3,(H,15,17);1H;2*1H2. The van der Waals surface area contributed by atoms with Crippen LogP contribution in [0.25, 0.3) is 0 Å². The van der Waals surface area contributed by atoms with Crippen molar-refractivity contribution in [3.05, 3.63) is 29.3 Å². The van der Waals surface area contributed by atoms with Crippen LogP contribution in [0.2, 0.25) is 0 Å². The molecule has 118 valence electrons. The zero-order valence-corrected chi connectivity index (χ0v) is 13.4. The molecule has 1 aromatic carbocycles. The highest BCUT2D eigenvalue weighted by molar-refractivity contribution is 5.93. The monoisotopic (exact) mass is 306 g/mol. The predicted molar refractivity (Wildman–Crippen MR) is 86.8 cm³/mol. The predicted octanol–water partition coefficient (Wildman–Crippen LogP) is 1.36. The minimum Gasteiger partial charge on any atom is -0.412 e. The molecule has 0 atom stereocenters. The summed E-state index contributed by atoms with van der Waals surface area (Å²) in [5, 5.41) is 3.00. The maximum absolute atomic E-state index is 11.9. The fraction of sp³-hybridized carbons (Fsp3) is 0.500. The third kappa shape index (κ3) is 6.86. The van der Waals surface area contributed by atoms with Crippen LogP contribution in [0.3, 0.4) is 0 Å². The van der Waals surface area contributed by atoms with E-state index in [1.165, 1.54) is 0 Å². The first-order valence-corrected chi connectivity index (χ1v) is 6.16. The van der Waals surface area contributed by atoms with Crippen LogP contribution in [0.4, 0.5) is 5.69 Å². The number of carbonyl (C=O) groups is 1. The summed E-state index contributed by atoms with van der Waals surface area (Å²) in [6.45, 7) is 10.4. The minimum atomic E-state index is 0. The summed E-state index contributed by atoms with van der Waals surface area (Å²) in [5.41, 5.74) is 3.17. The molecule has 5 N–H and O–H groups in total. The number of halogens is 1. The molecule has 1 rings (SSSR count). The van der Waals surface area contributed by atoms with E-state index in [0.29, 0.717) is 6.54 Å². The molecule has 5 nitrogen and oxygen atoms in total. The third-order valence-corrected chi connectivity index (χ3v) is 3.01. The second-order valence-corrected chi connectivity index (χ2v) is 4.28. The number of nitrogens with zero attached hydrogens (tertiary/aromatic N) is 1. The number of likely N-dealkylation sites (N-methyl/N-ethyl adjacent to an activating group) is 1. The van der Waals surface area contributed by atoms with Crippen LogP contribution < -0.4 is 5.32 Å². The van der Waals surface area contributed by atoms with E-state index in [9.17, 15) is 4.79 Å². The van der Waals surface area contributed by atoms with Crippen LogP contribution >= 0.6 is 12.4 Å². The van der Waals surface area contributed by atoms with E-state index in [4.69, 9.17) is 0 Å². The number of para-hydroxylation sites is 1. The van der Waals surface area contributed by atoms with E-state index >= 15 is 0 Å². The van der Waals surface area contributed by atoms with Gasteiger partial charge in [0.15, 0.2) is 0 Å². The molecular formula is C14H27ClN2O3. The minimum absolute atomic E-state index is 0. The van der Waals surface area contributed by atoms with Gasteiger partial charge in [-0.25, -0.2) is 0 Å². The summed E-state index contributed by atoms with van der Waals surface area (Å²) in [5.74, 6) is 0.0612. The first-order valence-electron chi connectivity index (χ1n) is 6.16. The lowest BCUT2D eigenvalue weighted by Gasteiger charge is -2.18. The Balaban J connectivity index is -0.000000963. The van der Waals surface area contributed by atoms with Crippen LogP contribution in [0.15, 0.2) is 18.2 Å². The van der Waals surface area contributed by atoms with E-state index in [2.05, 4.69) is 24.1 Å². The summed E-state index contributed by atoms with van der Waals surface area (Å²) in [4.78, 5) is 14.0. The zero-order valence-electron chi connectivity index (χ0n) is 12.6. The zero-order chi connectivity index (χ0) is 12.8. The number of benzene rings is 1. The van der Waals surface area contributed by atoms with Crippen molar-refractivity contribution < 1.29 is 15.7 Å². The van der Waals surface area contributed by atoms with Gasteiger partial charge in [0.1, 0.15) is 0 Å². The second-order valence-electron chi connectivity index (χ2n) is 4.28. The molecule has 1 amide bonds. The van der Waals surface area contributed by atoms with Gasteiger partial charge in [-0.15, -0.1) is 12.4 Å². The van der Waals surface area contributed by atoms with E-state index < -0.39 is 0 Å². The Morgan fingerprint density at radius 2 is 1.55 bits per heavy atom. The van der Waals surface area contributed by atoms with Crippen LogP contribution in [-0.2, 0) is 4.79 Å². The summed E-state index contributed by atoms with van der Waals surface area (Å²) in [7, 11) is 0. The van der Waals surface area contributed by atoms with Gasteiger partial charge in [0.25, 0.3) is 0 Å². The molecule has 0 saturated carbocycles. The first-order chi connectivity index (χ1) is 8.08. The molecule has 0 unspecified atom stereocenters. The molecule has 6 heteroatoms. The van der Waals surface area contributed by atoms with Crippen LogP contribution in [0.5, 0.6) is 0 Å². The summed E-state index contributed by atoms with van der Waals surface area (Å²) in [6.07, 6.45) is 0. The van der Waals surface area contributed by atoms with Gasteiger partial charge in [0.05, 0.1) is 6.54 Å². The molecule has 0 heterocycles. The Hall–Kier alpha value is -1.14. The van der Waals surface area contributed by atoms with Crippen LogP contribution in [0.1, 0.15) is 25.0 Å². The Kier molecular flexibility index (Phi) is 14.0. The molecule has 0 fully saturated rings. The molecule has 0 aliphatic heterocycles. The average Bonchev–Trinajstić information content (AvgIpc) is 2.31. The molecule has 0 spiro atoms.